The smallest absolute Gasteiger partial charge is 0.168 e. The van der Waals surface area contributed by atoms with Gasteiger partial charge in [-0.15, -0.1) is 0 Å². The first-order valence-electron chi connectivity index (χ1n) is 7.94. The molecule has 1 aromatic carbocycles. The van der Waals surface area contributed by atoms with Crippen molar-refractivity contribution in [2.75, 3.05) is 13.2 Å². The van der Waals surface area contributed by atoms with Crippen LogP contribution in [0.2, 0.25) is 0 Å². The molecular formula is C18H26O3. The molecule has 2 aliphatic rings. The molecule has 0 aromatic heterocycles. The van der Waals surface area contributed by atoms with Gasteiger partial charge in [-0.1, -0.05) is 45.0 Å². The van der Waals surface area contributed by atoms with Crippen molar-refractivity contribution in [1.82, 2.24) is 0 Å². The minimum atomic E-state index is -0.748. The SMILES string of the molecule is CC(C)(C)c1cccc(C2(O)CCC3(CC2)OCCO3)c1. The molecular weight excluding hydrogens is 264 g/mol. The van der Waals surface area contributed by atoms with E-state index in [0.717, 1.165) is 18.4 Å². The van der Waals surface area contributed by atoms with Gasteiger partial charge in [0, 0.05) is 12.8 Å². The van der Waals surface area contributed by atoms with Crippen molar-refractivity contribution in [2.24, 2.45) is 0 Å². The highest BCUT2D eigenvalue weighted by molar-refractivity contribution is 5.32. The van der Waals surface area contributed by atoms with Gasteiger partial charge >= 0.3 is 0 Å². The summed E-state index contributed by atoms with van der Waals surface area (Å²) in [5.74, 6) is -0.423. The zero-order valence-corrected chi connectivity index (χ0v) is 13.3. The molecule has 0 atom stereocenters. The molecule has 1 heterocycles. The summed E-state index contributed by atoms with van der Waals surface area (Å²) < 4.78 is 11.5. The summed E-state index contributed by atoms with van der Waals surface area (Å²) in [6.45, 7) is 7.96. The van der Waals surface area contributed by atoms with Crippen LogP contribution in [0.4, 0.5) is 0 Å². The molecule has 1 saturated carbocycles. The molecule has 1 aliphatic carbocycles. The summed E-state index contributed by atoms with van der Waals surface area (Å²) in [5.41, 5.74) is 1.65. The standard InChI is InChI=1S/C18H26O3/c1-16(2,3)14-5-4-6-15(13-14)17(19)7-9-18(10-8-17)20-11-12-21-18/h4-6,13,19H,7-12H2,1-3H3. The highest BCUT2D eigenvalue weighted by atomic mass is 16.7. The van der Waals surface area contributed by atoms with E-state index in [4.69, 9.17) is 9.47 Å². The predicted molar refractivity (Wildman–Crippen MR) is 82.1 cm³/mol. The molecule has 0 radical (unpaired) electrons. The minimum Gasteiger partial charge on any atom is -0.385 e. The normalized spacial score (nSPS) is 24.4. The Morgan fingerprint density at radius 1 is 1.00 bits per heavy atom. The van der Waals surface area contributed by atoms with Crippen LogP contribution in [-0.2, 0) is 20.5 Å². The summed E-state index contributed by atoms with van der Waals surface area (Å²) in [4.78, 5) is 0. The van der Waals surface area contributed by atoms with Crippen LogP contribution < -0.4 is 0 Å². The van der Waals surface area contributed by atoms with Crippen molar-refractivity contribution in [3.63, 3.8) is 0 Å². The molecule has 2 fully saturated rings. The van der Waals surface area contributed by atoms with Gasteiger partial charge < -0.3 is 14.6 Å². The van der Waals surface area contributed by atoms with Crippen LogP contribution in [0.15, 0.2) is 24.3 Å². The second kappa shape index (κ2) is 5.08. The Labute approximate surface area is 127 Å². The second-order valence-electron chi connectivity index (χ2n) is 7.47. The van der Waals surface area contributed by atoms with Crippen molar-refractivity contribution in [3.8, 4) is 0 Å². The van der Waals surface area contributed by atoms with Crippen LogP contribution in [0, 0.1) is 0 Å². The van der Waals surface area contributed by atoms with E-state index in [1.807, 2.05) is 6.07 Å². The van der Waals surface area contributed by atoms with Crippen LogP contribution in [0.3, 0.4) is 0 Å². The van der Waals surface area contributed by atoms with Crippen molar-refractivity contribution in [1.29, 1.82) is 0 Å². The summed E-state index contributed by atoms with van der Waals surface area (Å²) in [6, 6.07) is 8.40. The summed E-state index contributed by atoms with van der Waals surface area (Å²) in [5, 5.41) is 11.1. The largest absolute Gasteiger partial charge is 0.385 e. The van der Waals surface area contributed by atoms with E-state index in [1.54, 1.807) is 0 Å². The molecule has 1 N–H and O–H groups in total. The molecule has 116 valence electrons. The van der Waals surface area contributed by atoms with Gasteiger partial charge in [0.1, 0.15) is 0 Å². The molecule has 3 nitrogen and oxygen atoms in total. The first-order chi connectivity index (χ1) is 9.83. The van der Waals surface area contributed by atoms with Gasteiger partial charge in [-0.25, -0.2) is 0 Å². The van der Waals surface area contributed by atoms with E-state index in [-0.39, 0.29) is 5.41 Å². The van der Waals surface area contributed by atoms with Crippen LogP contribution >= 0.6 is 0 Å². The van der Waals surface area contributed by atoms with Gasteiger partial charge in [-0.05, 0) is 29.4 Å². The van der Waals surface area contributed by atoms with Gasteiger partial charge in [-0.3, -0.25) is 0 Å². The van der Waals surface area contributed by atoms with Crippen molar-refractivity contribution < 1.29 is 14.6 Å². The van der Waals surface area contributed by atoms with Crippen molar-refractivity contribution >= 4 is 0 Å². The highest BCUT2D eigenvalue weighted by Gasteiger charge is 2.46. The fraction of sp³-hybridized carbons (Fsp3) is 0.667. The summed E-state index contributed by atoms with van der Waals surface area (Å²) in [6.07, 6.45) is 2.92. The zero-order valence-electron chi connectivity index (χ0n) is 13.3. The average Bonchev–Trinajstić information content (AvgIpc) is 2.91. The highest BCUT2D eigenvalue weighted by Crippen LogP contribution is 2.45. The third kappa shape index (κ3) is 2.87. The van der Waals surface area contributed by atoms with Gasteiger partial charge in [0.25, 0.3) is 0 Å². The fourth-order valence-electron chi connectivity index (χ4n) is 3.39. The maximum atomic E-state index is 11.1. The lowest BCUT2D eigenvalue weighted by Crippen LogP contribution is -2.42. The van der Waals surface area contributed by atoms with E-state index in [9.17, 15) is 5.11 Å². The summed E-state index contributed by atoms with van der Waals surface area (Å²) >= 11 is 0. The van der Waals surface area contributed by atoms with Gasteiger partial charge in [0.2, 0.25) is 0 Å². The third-order valence-corrected chi connectivity index (χ3v) is 4.92. The molecule has 0 amide bonds. The number of hydrogen-bond donors (Lipinski definition) is 1. The average molecular weight is 290 g/mol. The maximum Gasteiger partial charge on any atom is 0.168 e. The molecule has 1 aliphatic heterocycles. The van der Waals surface area contributed by atoms with Crippen molar-refractivity contribution in [2.45, 2.75) is 63.3 Å². The van der Waals surface area contributed by atoms with E-state index in [0.29, 0.717) is 26.1 Å². The number of rotatable bonds is 1. The van der Waals surface area contributed by atoms with E-state index in [1.165, 1.54) is 5.56 Å². The molecule has 0 unspecified atom stereocenters. The maximum absolute atomic E-state index is 11.1. The Kier molecular flexibility index (Phi) is 3.63. The third-order valence-electron chi connectivity index (χ3n) is 4.92. The Morgan fingerprint density at radius 3 is 2.19 bits per heavy atom. The Balaban J connectivity index is 1.80. The van der Waals surface area contributed by atoms with Crippen LogP contribution in [-0.4, -0.2) is 24.1 Å². The molecule has 21 heavy (non-hydrogen) atoms. The lowest BCUT2D eigenvalue weighted by Gasteiger charge is -2.41. The van der Waals surface area contributed by atoms with Crippen LogP contribution in [0.25, 0.3) is 0 Å². The number of ether oxygens (including phenoxy) is 2. The Hall–Kier alpha value is -0.900. The van der Waals surface area contributed by atoms with E-state index < -0.39 is 11.4 Å². The molecule has 1 aromatic rings. The van der Waals surface area contributed by atoms with E-state index >= 15 is 0 Å². The monoisotopic (exact) mass is 290 g/mol. The minimum absolute atomic E-state index is 0.0972. The Morgan fingerprint density at radius 2 is 1.62 bits per heavy atom. The molecule has 3 heteroatoms. The number of hydrogen-bond acceptors (Lipinski definition) is 3. The van der Waals surface area contributed by atoms with E-state index in [2.05, 4.69) is 39.0 Å². The summed E-state index contributed by atoms with van der Waals surface area (Å²) in [7, 11) is 0. The second-order valence-corrected chi connectivity index (χ2v) is 7.47. The van der Waals surface area contributed by atoms with Gasteiger partial charge in [0.15, 0.2) is 5.79 Å². The molecule has 3 rings (SSSR count). The van der Waals surface area contributed by atoms with Gasteiger partial charge in [-0.2, -0.15) is 0 Å². The first-order valence-corrected chi connectivity index (χ1v) is 7.94. The molecule has 1 saturated heterocycles. The zero-order chi connectivity index (χ0) is 15.1. The fourth-order valence-corrected chi connectivity index (χ4v) is 3.39. The van der Waals surface area contributed by atoms with Crippen LogP contribution in [0.5, 0.6) is 0 Å². The van der Waals surface area contributed by atoms with Crippen LogP contribution in [0.1, 0.15) is 57.6 Å². The quantitative estimate of drug-likeness (QED) is 0.860. The van der Waals surface area contributed by atoms with Gasteiger partial charge in [0.05, 0.1) is 18.8 Å². The number of benzene rings is 1. The topological polar surface area (TPSA) is 38.7 Å². The lowest BCUT2D eigenvalue weighted by molar-refractivity contribution is -0.204. The lowest BCUT2D eigenvalue weighted by atomic mass is 9.75. The molecule has 1 spiro atoms. The van der Waals surface area contributed by atoms with Crippen molar-refractivity contribution in [3.05, 3.63) is 35.4 Å². The molecule has 0 bridgehead atoms. The predicted octanol–water partition coefficient (Wildman–Crippen LogP) is 3.49. The Bertz CT molecular complexity index is 499. The first kappa shape index (κ1) is 15.0. The number of aliphatic hydroxyl groups is 1.